The second-order valence-corrected chi connectivity index (χ2v) is 10.9. The van der Waals surface area contributed by atoms with Gasteiger partial charge in [0.25, 0.3) is 0 Å². The minimum Gasteiger partial charge on any atom is -0.326 e. The zero-order valence-corrected chi connectivity index (χ0v) is 21.7. The van der Waals surface area contributed by atoms with E-state index in [1.165, 1.54) is 128 Å². The van der Waals surface area contributed by atoms with Crippen LogP contribution in [0.1, 0.15) is 142 Å². The quantitative estimate of drug-likeness (QED) is 0.101. The number of rotatable bonds is 24. The Morgan fingerprint density at radius 2 is 0.679 bits per heavy atom. The van der Waals surface area contributed by atoms with Gasteiger partial charge in [-0.2, -0.15) is 0 Å². The molecule has 0 saturated carbocycles. The van der Waals surface area contributed by atoms with Gasteiger partial charge in [0.15, 0.2) is 0 Å². The highest BCUT2D eigenvalue weighted by molar-refractivity contribution is 9.38. The summed E-state index contributed by atoms with van der Waals surface area (Å²) in [5.41, 5.74) is 0. The van der Waals surface area contributed by atoms with Gasteiger partial charge in [0, 0.05) is 15.5 Å². The third-order valence-corrected chi connectivity index (χ3v) is 7.38. The molecule has 0 saturated heterocycles. The highest BCUT2D eigenvalue weighted by atomic mass is 79.9. The van der Waals surface area contributed by atoms with Crippen molar-refractivity contribution in [1.82, 2.24) is 0 Å². The first-order chi connectivity index (χ1) is 13.8. The van der Waals surface area contributed by atoms with Gasteiger partial charge in [0.1, 0.15) is 0 Å². The van der Waals surface area contributed by atoms with E-state index in [4.69, 9.17) is 9.05 Å². The average molecular weight is 482 g/mol. The summed E-state index contributed by atoms with van der Waals surface area (Å²) in [6.07, 6.45) is 27.3. The second-order valence-electron chi connectivity index (χ2n) is 8.24. The summed E-state index contributed by atoms with van der Waals surface area (Å²) in [6, 6.07) is 0. The van der Waals surface area contributed by atoms with Crippen LogP contribution in [-0.2, 0) is 9.05 Å². The van der Waals surface area contributed by atoms with Crippen molar-refractivity contribution >= 4 is 22.6 Å². The molecule has 0 aliphatic heterocycles. The van der Waals surface area contributed by atoms with Crippen LogP contribution in [0, 0.1) is 0 Å². The Hall–Kier alpha value is 0.830. The van der Waals surface area contributed by atoms with Crippen LogP contribution in [0.15, 0.2) is 0 Å². The Bertz CT molecular complexity index is 253. The average Bonchev–Trinajstić information content (AvgIpc) is 2.70. The van der Waals surface area contributed by atoms with Crippen molar-refractivity contribution in [3.05, 3.63) is 0 Å². The lowest BCUT2D eigenvalue weighted by molar-refractivity contribution is 0.252. The van der Waals surface area contributed by atoms with Crippen LogP contribution in [0.4, 0.5) is 0 Å². The summed E-state index contributed by atoms with van der Waals surface area (Å²) in [5.74, 6) is 0. The zero-order chi connectivity index (χ0) is 20.5. The van der Waals surface area contributed by atoms with Gasteiger partial charge in [-0.15, -0.1) is 0 Å². The Morgan fingerprint density at radius 1 is 0.429 bits per heavy atom. The minimum atomic E-state index is -0.841. The van der Waals surface area contributed by atoms with Crippen LogP contribution in [0.5, 0.6) is 0 Å². The molecule has 170 valence electrons. The van der Waals surface area contributed by atoms with E-state index in [2.05, 4.69) is 29.3 Å². The SMILES string of the molecule is CCCCCCCCCCCCOP(Br)OCCCCCCCCCCCC. The molecule has 4 heteroatoms. The lowest BCUT2D eigenvalue weighted by atomic mass is 10.1. The summed E-state index contributed by atoms with van der Waals surface area (Å²) in [5, 5.41) is 0. The molecule has 0 aromatic rings. The van der Waals surface area contributed by atoms with Crippen LogP contribution >= 0.6 is 22.6 Å². The lowest BCUT2D eigenvalue weighted by Gasteiger charge is -2.11. The molecule has 0 bridgehead atoms. The summed E-state index contributed by atoms with van der Waals surface area (Å²) in [7, 11) is -0.841. The molecule has 0 aromatic carbocycles. The normalized spacial score (nSPS) is 11.6. The largest absolute Gasteiger partial charge is 0.326 e. The first-order valence-corrected chi connectivity index (χ1v) is 15.7. The highest BCUT2D eigenvalue weighted by Gasteiger charge is 2.05. The molecule has 0 atom stereocenters. The number of hydrogen-bond acceptors (Lipinski definition) is 2. The first kappa shape index (κ1) is 28.8. The van der Waals surface area contributed by atoms with Gasteiger partial charge in [0.05, 0.1) is 13.2 Å². The van der Waals surface area contributed by atoms with Crippen molar-refractivity contribution in [2.75, 3.05) is 13.2 Å². The predicted octanol–water partition coefficient (Wildman–Crippen LogP) is 10.5. The van der Waals surface area contributed by atoms with Crippen LogP contribution in [0.3, 0.4) is 0 Å². The molecule has 0 radical (unpaired) electrons. The van der Waals surface area contributed by atoms with Crippen molar-refractivity contribution in [3.8, 4) is 0 Å². The molecule has 0 rings (SSSR count). The summed E-state index contributed by atoms with van der Waals surface area (Å²) < 4.78 is 11.5. The first-order valence-electron chi connectivity index (χ1n) is 12.5. The monoisotopic (exact) mass is 480 g/mol. The van der Waals surface area contributed by atoms with Gasteiger partial charge in [-0.25, -0.2) is 0 Å². The molecule has 0 fully saturated rings. The molecule has 0 heterocycles. The Kier molecular flexibility index (Phi) is 26.6. The van der Waals surface area contributed by atoms with Gasteiger partial charge in [-0.1, -0.05) is 129 Å². The van der Waals surface area contributed by atoms with Crippen molar-refractivity contribution < 1.29 is 9.05 Å². The standard InChI is InChI=1S/C24H50BrO2P/c1-3-5-7-9-11-13-15-17-19-21-23-26-28(25)27-24-22-20-18-16-14-12-10-8-6-4-2/h3-24H2,1-2H3. The highest BCUT2D eigenvalue weighted by Crippen LogP contribution is 2.46. The van der Waals surface area contributed by atoms with Crippen molar-refractivity contribution in [2.24, 2.45) is 0 Å². The fraction of sp³-hybridized carbons (Fsp3) is 1.00. The van der Waals surface area contributed by atoms with E-state index in [1.807, 2.05) is 0 Å². The maximum atomic E-state index is 5.77. The van der Waals surface area contributed by atoms with Crippen LogP contribution < -0.4 is 0 Å². The molecule has 0 aromatic heterocycles. The fourth-order valence-corrected chi connectivity index (χ4v) is 4.98. The predicted molar refractivity (Wildman–Crippen MR) is 131 cm³/mol. The smallest absolute Gasteiger partial charge is 0.246 e. The van der Waals surface area contributed by atoms with E-state index in [0.717, 1.165) is 13.2 Å². The topological polar surface area (TPSA) is 18.5 Å². The fourth-order valence-electron chi connectivity index (χ4n) is 3.49. The molecule has 0 aliphatic carbocycles. The van der Waals surface area contributed by atoms with E-state index in [9.17, 15) is 0 Å². The van der Waals surface area contributed by atoms with Gasteiger partial charge in [-0.05, 0) is 12.8 Å². The van der Waals surface area contributed by atoms with E-state index in [-0.39, 0.29) is 0 Å². The second kappa shape index (κ2) is 25.9. The number of halogens is 1. The molecular weight excluding hydrogens is 431 g/mol. The van der Waals surface area contributed by atoms with Crippen LogP contribution in [-0.4, -0.2) is 13.2 Å². The van der Waals surface area contributed by atoms with Crippen molar-refractivity contribution in [1.29, 1.82) is 0 Å². The third kappa shape index (κ3) is 24.9. The summed E-state index contributed by atoms with van der Waals surface area (Å²) >= 11 is 3.55. The molecule has 28 heavy (non-hydrogen) atoms. The lowest BCUT2D eigenvalue weighted by Crippen LogP contribution is -1.93. The van der Waals surface area contributed by atoms with Gasteiger partial charge >= 0.3 is 0 Å². The maximum absolute atomic E-state index is 5.77. The Balaban J connectivity index is 3.12. The molecule has 0 aliphatic rings. The molecule has 0 amide bonds. The van der Waals surface area contributed by atoms with E-state index in [0.29, 0.717) is 0 Å². The molecule has 0 spiro atoms. The van der Waals surface area contributed by atoms with E-state index < -0.39 is 7.08 Å². The van der Waals surface area contributed by atoms with Gasteiger partial charge < -0.3 is 9.05 Å². The van der Waals surface area contributed by atoms with E-state index >= 15 is 0 Å². The third-order valence-electron chi connectivity index (χ3n) is 5.38. The summed E-state index contributed by atoms with van der Waals surface area (Å²) in [4.78, 5) is 0. The minimum absolute atomic E-state index is 0.839. The van der Waals surface area contributed by atoms with E-state index in [1.54, 1.807) is 0 Å². The number of hydrogen-bond donors (Lipinski definition) is 0. The molecule has 0 unspecified atom stereocenters. The van der Waals surface area contributed by atoms with Crippen molar-refractivity contribution in [2.45, 2.75) is 142 Å². The van der Waals surface area contributed by atoms with Crippen molar-refractivity contribution in [3.63, 3.8) is 0 Å². The molecule has 2 nitrogen and oxygen atoms in total. The van der Waals surface area contributed by atoms with Gasteiger partial charge in [-0.3, -0.25) is 0 Å². The summed E-state index contributed by atoms with van der Waals surface area (Å²) in [6.45, 7) is 6.24. The Labute approximate surface area is 187 Å². The zero-order valence-electron chi connectivity index (χ0n) is 19.2. The van der Waals surface area contributed by atoms with Gasteiger partial charge in [0.2, 0.25) is 7.08 Å². The van der Waals surface area contributed by atoms with Crippen LogP contribution in [0.25, 0.3) is 0 Å². The molecular formula is C24H50BrO2P. The van der Waals surface area contributed by atoms with Crippen LogP contribution in [0.2, 0.25) is 0 Å². The maximum Gasteiger partial charge on any atom is 0.246 e. The number of unbranched alkanes of at least 4 members (excludes halogenated alkanes) is 18. The molecule has 0 N–H and O–H groups in total. The Morgan fingerprint density at radius 3 is 0.964 bits per heavy atom.